The predicted molar refractivity (Wildman–Crippen MR) is 40.6 cm³/mol. The van der Waals surface area contributed by atoms with E-state index in [9.17, 15) is 13.2 Å². The van der Waals surface area contributed by atoms with Gasteiger partial charge in [-0.1, -0.05) is 0 Å². The van der Waals surface area contributed by atoms with Crippen molar-refractivity contribution in [1.82, 2.24) is 9.78 Å². The Balaban J connectivity index is 3.11. The molecule has 1 aromatic heterocycles. The maximum Gasteiger partial charge on any atom is 0.420 e. The molecule has 0 aliphatic heterocycles. The minimum atomic E-state index is -4.33. The molecule has 0 aromatic carbocycles. The maximum atomic E-state index is 12.1. The lowest BCUT2D eigenvalue weighted by atomic mass is 10.4. The summed E-state index contributed by atoms with van der Waals surface area (Å²) in [7, 11) is 0. The largest absolute Gasteiger partial charge is 0.420 e. The highest BCUT2D eigenvalue weighted by Crippen LogP contribution is 2.34. The molecule has 1 rings (SSSR count). The highest BCUT2D eigenvalue weighted by Gasteiger charge is 2.35. The number of aryl methyl sites for hydroxylation is 1. The molecule has 2 nitrogen and oxygen atoms in total. The minimum absolute atomic E-state index is 0.0162. The van der Waals surface area contributed by atoms with Gasteiger partial charge >= 0.3 is 6.18 Å². The van der Waals surface area contributed by atoms with Gasteiger partial charge in [-0.15, -0.1) is 0 Å². The van der Waals surface area contributed by atoms with Crippen molar-refractivity contribution >= 4 is 15.9 Å². The van der Waals surface area contributed by atoms with Crippen LogP contribution in [-0.2, 0) is 12.7 Å². The molecular formula is C6H6BrF3N2. The van der Waals surface area contributed by atoms with E-state index in [2.05, 4.69) is 21.0 Å². The lowest BCUT2D eigenvalue weighted by Crippen LogP contribution is -2.05. The van der Waals surface area contributed by atoms with E-state index in [1.807, 2.05) is 0 Å². The molecule has 1 heterocycles. The summed E-state index contributed by atoms with van der Waals surface area (Å²) in [5, 5.41) is 3.55. The number of alkyl halides is 3. The summed E-state index contributed by atoms with van der Waals surface area (Å²) in [6, 6.07) is 0. The van der Waals surface area contributed by atoms with E-state index in [1.54, 1.807) is 6.92 Å². The van der Waals surface area contributed by atoms with Crippen molar-refractivity contribution in [3.8, 4) is 0 Å². The molecule has 12 heavy (non-hydrogen) atoms. The van der Waals surface area contributed by atoms with E-state index < -0.39 is 11.7 Å². The van der Waals surface area contributed by atoms with Crippen LogP contribution in [0.5, 0.6) is 0 Å². The van der Waals surface area contributed by atoms with Crippen molar-refractivity contribution < 1.29 is 13.2 Å². The summed E-state index contributed by atoms with van der Waals surface area (Å²) in [6.07, 6.45) is -3.51. The zero-order valence-corrected chi connectivity index (χ0v) is 7.78. The average Bonchev–Trinajstić information content (AvgIpc) is 2.29. The Morgan fingerprint density at radius 2 is 2.17 bits per heavy atom. The van der Waals surface area contributed by atoms with Crippen molar-refractivity contribution in [2.75, 3.05) is 0 Å². The monoisotopic (exact) mass is 242 g/mol. The topological polar surface area (TPSA) is 17.8 Å². The van der Waals surface area contributed by atoms with Gasteiger partial charge in [0.25, 0.3) is 0 Å². The quantitative estimate of drug-likeness (QED) is 0.741. The molecule has 1 aromatic rings. The zero-order chi connectivity index (χ0) is 9.35. The van der Waals surface area contributed by atoms with Crippen LogP contribution in [0.15, 0.2) is 10.8 Å². The second-order valence-electron chi connectivity index (χ2n) is 2.16. The molecule has 0 aliphatic rings. The second-order valence-corrected chi connectivity index (χ2v) is 2.91. The molecule has 0 spiro atoms. The van der Waals surface area contributed by atoms with E-state index in [0.717, 1.165) is 6.20 Å². The van der Waals surface area contributed by atoms with Crippen LogP contribution in [0.2, 0.25) is 0 Å². The molecule has 0 saturated carbocycles. The van der Waals surface area contributed by atoms with Crippen LogP contribution < -0.4 is 0 Å². The van der Waals surface area contributed by atoms with Crippen molar-refractivity contribution in [2.24, 2.45) is 0 Å². The fourth-order valence-corrected chi connectivity index (χ4v) is 1.45. The van der Waals surface area contributed by atoms with Gasteiger partial charge in [-0.05, 0) is 22.9 Å². The molecular weight excluding hydrogens is 237 g/mol. The van der Waals surface area contributed by atoms with Crippen LogP contribution in [0, 0.1) is 0 Å². The molecule has 0 unspecified atom stereocenters. The summed E-state index contributed by atoms with van der Waals surface area (Å²) in [5.74, 6) is 0. The fraction of sp³-hybridized carbons (Fsp3) is 0.500. The van der Waals surface area contributed by atoms with E-state index >= 15 is 0 Å². The van der Waals surface area contributed by atoms with E-state index in [-0.39, 0.29) is 4.60 Å². The average molecular weight is 243 g/mol. The Morgan fingerprint density at radius 1 is 1.58 bits per heavy atom. The molecule has 0 aliphatic carbocycles. The smallest absolute Gasteiger partial charge is 0.258 e. The van der Waals surface area contributed by atoms with Crippen molar-refractivity contribution in [2.45, 2.75) is 19.6 Å². The zero-order valence-electron chi connectivity index (χ0n) is 6.19. The first-order valence-corrected chi connectivity index (χ1v) is 4.04. The lowest BCUT2D eigenvalue weighted by molar-refractivity contribution is -0.138. The summed E-state index contributed by atoms with van der Waals surface area (Å²) >= 11 is 2.83. The highest BCUT2D eigenvalue weighted by atomic mass is 79.9. The van der Waals surface area contributed by atoms with Crippen molar-refractivity contribution in [3.05, 3.63) is 16.4 Å². The third kappa shape index (κ3) is 1.63. The third-order valence-corrected chi connectivity index (χ3v) is 2.22. The molecule has 0 bridgehead atoms. The normalized spacial score (nSPS) is 12.1. The summed E-state index contributed by atoms with van der Waals surface area (Å²) in [5.41, 5.74) is -0.732. The van der Waals surface area contributed by atoms with Crippen molar-refractivity contribution in [1.29, 1.82) is 0 Å². The predicted octanol–water partition coefficient (Wildman–Crippen LogP) is 2.68. The number of rotatable bonds is 1. The van der Waals surface area contributed by atoms with Gasteiger partial charge in [0.15, 0.2) is 0 Å². The SMILES string of the molecule is CCn1ncc(C(F)(F)F)c1Br. The Morgan fingerprint density at radius 3 is 2.42 bits per heavy atom. The van der Waals surface area contributed by atoms with Gasteiger partial charge in [0.2, 0.25) is 0 Å². The van der Waals surface area contributed by atoms with Crippen LogP contribution in [0.25, 0.3) is 0 Å². The number of hydrogen-bond donors (Lipinski definition) is 0. The summed E-state index contributed by atoms with van der Waals surface area (Å²) in [6.45, 7) is 2.13. The van der Waals surface area contributed by atoms with Crippen LogP contribution in [0.4, 0.5) is 13.2 Å². The van der Waals surface area contributed by atoms with E-state index in [0.29, 0.717) is 6.54 Å². The molecule has 0 saturated heterocycles. The molecule has 0 amide bonds. The number of aromatic nitrogens is 2. The fourth-order valence-electron chi connectivity index (χ4n) is 0.781. The van der Waals surface area contributed by atoms with Crippen molar-refractivity contribution in [3.63, 3.8) is 0 Å². The Kier molecular flexibility index (Phi) is 2.46. The maximum absolute atomic E-state index is 12.1. The van der Waals surface area contributed by atoms with E-state index in [4.69, 9.17) is 0 Å². The molecule has 68 valence electrons. The standard InChI is InChI=1S/C6H6BrF3N2/c1-2-12-5(7)4(3-11-12)6(8,9)10/h3H,2H2,1H3. The third-order valence-electron chi connectivity index (χ3n) is 1.38. The van der Waals surface area contributed by atoms with Crippen LogP contribution in [0.3, 0.4) is 0 Å². The van der Waals surface area contributed by atoms with Gasteiger partial charge in [-0.2, -0.15) is 18.3 Å². The summed E-state index contributed by atoms with van der Waals surface area (Å²) in [4.78, 5) is 0. The van der Waals surface area contributed by atoms with Gasteiger partial charge in [0.1, 0.15) is 10.2 Å². The van der Waals surface area contributed by atoms with Gasteiger partial charge in [-0.25, -0.2) is 0 Å². The number of nitrogens with zero attached hydrogens (tertiary/aromatic N) is 2. The minimum Gasteiger partial charge on any atom is -0.258 e. The molecule has 0 fully saturated rings. The highest BCUT2D eigenvalue weighted by molar-refractivity contribution is 9.10. The first-order valence-electron chi connectivity index (χ1n) is 3.25. The van der Waals surface area contributed by atoms with Gasteiger partial charge in [-0.3, -0.25) is 4.68 Å². The summed E-state index contributed by atoms with van der Waals surface area (Å²) < 4.78 is 37.6. The molecule has 0 radical (unpaired) electrons. The number of hydrogen-bond acceptors (Lipinski definition) is 1. The lowest BCUT2D eigenvalue weighted by Gasteiger charge is -2.03. The Hall–Kier alpha value is -0.520. The van der Waals surface area contributed by atoms with Gasteiger partial charge in [0.05, 0.1) is 6.20 Å². The van der Waals surface area contributed by atoms with Gasteiger partial charge < -0.3 is 0 Å². The molecule has 6 heteroatoms. The van der Waals surface area contributed by atoms with Gasteiger partial charge in [0, 0.05) is 6.54 Å². The first kappa shape index (κ1) is 9.57. The van der Waals surface area contributed by atoms with Crippen LogP contribution in [0.1, 0.15) is 12.5 Å². The molecule has 0 N–H and O–H groups in total. The van der Waals surface area contributed by atoms with E-state index in [1.165, 1.54) is 4.68 Å². The molecule has 0 atom stereocenters. The number of halogens is 4. The Bertz CT molecular complexity index is 279. The van der Waals surface area contributed by atoms with Crippen LogP contribution in [-0.4, -0.2) is 9.78 Å². The second kappa shape index (κ2) is 3.08. The first-order chi connectivity index (χ1) is 5.46. The van der Waals surface area contributed by atoms with Crippen LogP contribution >= 0.6 is 15.9 Å². The Labute approximate surface area is 75.5 Å².